The molecule has 3 aromatic rings. The third kappa shape index (κ3) is 7.05. The van der Waals surface area contributed by atoms with E-state index in [1.807, 2.05) is 6.92 Å². The number of hydrogen-bond acceptors (Lipinski definition) is 5. The molecule has 0 saturated heterocycles. The minimum atomic E-state index is -3.86. The van der Waals surface area contributed by atoms with Crippen LogP contribution in [0.4, 0.5) is 11.4 Å². The van der Waals surface area contributed by atoms with Gasteiger partial charge in [0.25, 0.3) is 21.8 Å². The smallest absolute Gasteiger partial charge is 0.261 e. The molecule has 0 atom stereocenters. The molecule has 3 rings (SSSR count). The molecule has 0 spiro atoms. The van der Waals surface area contributed by atoms with Crippen LogP contribution in [0.5, 0.6) is 0 Å². The van der Waals surface area contributed by atoms with Gasteiger partial charge < -0.3 is 15.4 Å². The van der Waals surface area contributed by atoms with Crippen LogP contribution in [0.3, 0.4) is 0 Å². The number of carbonyl (C=O) groups excluding carboxylic acids is 2. The summed E-state index contributed by atoms with van der Waals surface area (Å²) in [6.45, 7) is 2.79. The van der Waals surface area contributed by atoms with Gasteiger partial charge in [0.15, 0.2) is 0 Å². The maximum atomic E-state index is 13.0. The molecule has 0 aliphatic carbocycles. The van der Waals surface area contributed by atoms with E-state index in [1.165, 1.54) is 30.3 Å². The molecule has 0 radical (unpaired) electrons. The maximum absolute atomic E-state index is 13.0. The minimum Gasteiger partial charge on any atom is -0.385 e. The molecule has 0 heterocycles. The zero-order valence-corrected chi connectivity index (χ0v) is 20.9. The highest BCUT2D eigenvalue weighted by atomic mass is 35.5. The molecule has 10 heteroatoms. The van der Waals surface area contributed by atoms with E-state index < -0.39 is 15.9 Å². The number of methoxy groups -OCH3 is 1. The molecule has 0 fully saturated rings. The van der Waals surface area contributed by atoms with Gasteiger partial charge in [-0.2, -0.15) is 0 Å². The molecular weight excluding hydrogens is 490 g/mol. The number of halogens is 1. The summed E-state index contributed by atoms with van der Waals surface area (Å²) in [5.41, 5.74) is 1.72. The summed E-state index contributed by atoms with van der Waals surface area (Å²) in [4.78, 5) is 25.7. The topological polar surface area (TPSA) is 114 Å². The van der Waals surface area contributed by atoms with Gasteiger partial charge in [-0.3, -0.25) is 14.3 Å². The highest BCUT2D eigenvalue weighted by Gasteiger charge is 2.19. The first kappa shape index (κ1) is 26.2. The van der Waals surface area contributed by atoms with Crippen molar-refractivity contribution in [1.29, 1.82) is 0 Å². The van der Waals surface area contributed by atoms with Crippen molar-refractivity contribution in [3.63, 3.8) is 0 Å². The molecule has 0 bridgehead atoms. The molecule has 8 nitrogen and oxygen atoms in total. The van der Waals surface area contributed by atoms with Crippen molar-refractivity contribution in [3.8, 4) is 0 Å². The standard InChI is InChI=1S/C25H26ClN3O5S/c1-17-8-11-19(12-9-17)35(32,33)29-18-10-13-22(26)21(16-18)25(31)28-23-7-4-3-6-20(23)24(30)27-14-5-15-34-2/h3-4,6-13,16,29H,5,14-15H2,1-2H3,(H,27,30)(H,28,31). The molecule has 2 amide bonds. The summed E-state index contributed by atoms with van der Waals surface area (Å²) in [6.07, 6.45) is 0.650. The lowest BCUT2D eigenvalue weighted by Crippen LogP contribution is -2.26. The van der Waals surface area contributed by atoms with E-state index in [4.69, 9.17) is 16.3 Å². The van der Waals surface area contributed by atoms with Crippen LogP contribution >= 0.6 is 11.6 Å². The van der Waals surface area contributed by atoms with Crippen molar-refractivity contribution in [2.24, 2.45) is 0 Å². The lowest BCUT2D eigenvalue weighted by Gasteiger charge is -2.13. The number of amides is 2. The Kier molecular flexibility index (Phi) is 8.86. The van der Waals surface area contributed by atoms with Crippen LogP contribution in [-0.2, 0) is 14.8 Å². The Morgan fingerprint density at radius 1 is 0.943 bits per heavy atom. The average Bonchev–Trinajstić information content (AvgIpc) is 2.83. The van der Waals surface area contributed by atoms with Crippen molar-refractivity contribution in [1.82, 2.24) is 5.32 Å². The second-order valence-electron chi connectivity index (χ2n) is 7.72. The van der Waals surface area contributed by atoms with Crippen molar-refractivity contribution in [2.75, 3.05) is 30.3 Å². The second-order valence-corrected chi connectivity index (χ2v) is 9.80. The van der Waals surface area contributed by atoms with Crippen molar-refractivity contribution >= 4 is 44.8 Å². The van der Waals surface area contributed by atoms with Gasteiger partial charge in [-0.15, -0.1) is 0 Å². The van der Waals surface area contributed by atoms with Crippen LogP contribution in [0, 0.1) is 6.92 Å². The highest BCUT2D eigenvalue weighted by Crippen LogP contribution is 2.25. The fourth-order valence-electron chi connectivity index (χ4n) is 3.19. The zero-order valence-electron chi connectivity index (χ0n) is 19.3. The Morgan fingerprint density at radius 2 is 1.66 bits per heavy atom. The first-order chi connectivity index (χ1) is 16.7. The number of anilines is 2. The molecule has 0 aliphatic heterocycles. The number of para-hydroxylation sites is 1. The highest BCUT2D eigenvalue weighted by molar-refractivity contribution is 7.92. The van der Waals surface area contributed by atoms with E-state index in [0.29, 0.717) is 25.3 Å². The fraction of sp³-hybridized carbons (Fsp3) is 0.200. The number of ether oxygens (including phenoxy) is 1. The molecule has 0 aliphatic rings. The van der Waals surface area contributed by atoms with Crippen LogP contribution in [0.1, 0.15) is 32.7 Å². The van der Waals surface area contributed by atoms with Gasteiger partial charge in [-0.25, -0.2) is 8.42 Å². The Balaban J connectivity index is 1.78. The molecule has 0 unspecified atom stereocenters. The summed E-state index contributed by atoms with van der Waals surface area (Å²) >= 11 is 6.23. The summed E-state index contributed by atoms with van der Waals surface area (Å²) < 4.78 is 32.9. The summed E-state index contributed by atoms with van der Waals surface area (Å²) in [6, 6.07) is 17.2. The van der Waals surface area contributed by atoms with Gasteiger partial charge >= 0.3 is 0 Å². The van der Waals surface area contributed by atoms with Crippen LogP contribution in [-0.4, -0.2) is 40.5 Å². The molecule has 3 aromatic carbocycles. The van der Waals surface area contributed by atoms with Gasteiger partial charge in [0, 0.05) is 25.9 Å². The molecular formula is C25H26ClN3O5S. The van der Waals surface area contributed by atoms with E-state index >= 15 is 0 Å². The predicted molar refractivity (Wildman–Crippen MR) is 137 cm³/mol. The van der Waals surface area contributed by atoms with Crippen LogP contribution in [0.15, 0.2) is 71.6 Å². The Hall–Kier alpha value is -3.40. The average molecular weight is 516 g/mol. The number of benzene rings is 3. The van der Waals surface area contributed by atoms with Gasteiger partial charge in [0.1, 0.15) is 0 Å². The monoisotopic (exact) mass is 515 g/mol. The molecule has 0 aromatic heterocycles. The third-order valence-corrected chi connectivity index (χ3v) is 6.75. The number of nitrogens with one attached hydrogen (secondary N) is 3. The first-order valence-electron chi connectivity index (χ1n) is 10.8. The van der Waals surface area contributed by atoms with Gasteiger partial charge in [-0.1, -0.05) is 41.4 Å². The molecule has 3 N–H and O–H groups in total. The maximum Gasteiger partial charge on any atom is 0.261 e. The molecule has 35 heavy (non-hydrogen) atoms. The molecule has 184 valence electrons. The minimum absolute atomic E-state index is 0.0473. The number of sulfonamides is 1. The largest absolute Gasteiger partial charge is 0.385 e. The van der Waals surface area contributed by atoms with E-state index in [0.717, 1.165) is 5.56 Å². The van der Waals surface area contributed by atoms with Crippen molar-refractivity contribution in [3.05, 3.63) is 88.4 Å². The Morgan fingerprint density at radius 3 is 2.37 bits per heavy atom. The quantitative estimate of drug-likeness (QED) is 0.345. The number of hydrogen-bond donors (Lipinski definition) is 3. The predicted octanol–water partition coefficient (Wildman–Crippen LogP) is 4.47. The van der Waals surface area contributed by atoms with Crippen molar-refractivity contribution < 1.29 is 22.7 Å². The van der Waals surface area contributed by atoms with E-state index in [-0.39, 0.29) is 32.6 Å². The SMILES string of the molecule is COCCCNC(=O)c1ccccc1NC(=O)c1cc(NS(=O)(=O)c2ccc(C)cc2)ccc1Cl. The number of carbonyl (C=O) groups is 2. The number of aryl methyl sites for hydroxylation is 1. The molecule has 0 saturated carbocycles. The van der Waals surface area contributed by atoms with E-state index in [1.54, 1.807) is 43.5 Å². The fourth-order valence-corrected chi connectivity index (χ4v) is 4.44. The van der Waals surface area contributed by atoms with Gasteiger partial charge in [0.05, 0.1) is 26.7 Å². The summed E-state index contributed by atoms with van der Waals surface area (Å²) in [5.74, 6) is -0.936. The lowest BCUT2D eigenvalue weighted by molar-refractivity contribution is 0.0949. The van der Waals surface area contributed by atoms with Crippen LogP contribution in [0.25, 0.3) is 0 Å². The van der Waals surface area contributed by atoms with Crippen LogP contribution in [0.2, 0.25) is 5.02 Å². The lowest BCUT2D eigenvalue weighted by atomic mass is 10.1. The van der Waals surface area contributed by atoms with Crippen molar-refractivity contribution in [2.45, 2.75) is 18.2 Å². The van der Waals surface area contributed by atoms with E-state index in [9.17, 15) is 18.0 Å². The Labute approximate surface area is 209 Å². The van der Waals surface area contributed by atoms with Gasteiger partial charge in [0.2, 0.25) is 0 Å². The number of rotatable bonds is 10. The summed E-state index contributed by atoms with van der Waals surface area (Å²) in [5, 5.41) is 5.60. The zero-order chi connectivity index (χ0) is 25.4. The normalized spacial score (nSPS) is 11.1. The third-order valence-electron chi connectivity index (χ3n) is 5.03. The second kappa shape index (κ2) is 11.8. The first-order valence-corrected chi connectivity index (χ1v) is 12.6. The van der Waals surface area contributed by atoms with Crippen LogP contribution < -0.4 is 15.4 Å². The van der Waals surface area contributed by atoms with E-state index in [2.05, 4.69) is 15.4 Å². The van der Waals surface area contributed by atoms with Gasteiger partial charge in [-0.05, 0) is 55.8 Å². The summed E-state index contributed by atoms with van der Waals surface area (Å²) in [7, 11) is -2.28. The Bertz CT molecular complexity index is 1310.